The summed E-state index contributed by atoms with van der Waals surface area (Å²) in [6.45, 7) is -0.415. The number of halogens is 3. The number of nitrogens with one attached hydrogen (secondary N) is 2. The van der Waals surface area contributed by atoms with E-state index in [4.69, 9.17) is 15.2 Å². The van der Waals surface area contributed by atoms with Crippen LogP contribution in [0.15, 0.2) is 18.2 Å². The van der Waals surface area contributed by atoms with Gasteiger partial charge >= 0.3 is 6.18 Å². The molecule has 0 heterocycles. The zero-order chi connectivity index (χ0) is 18.2. The van der Waals surface area contributed by atoms with Gasteiger partial charge in [-0.05, 0) is 18.2 Å². The molecule has 1 aromatic rings. The summed E-state index contributed by atoms with van der Waals surface area (Å²) in [6.07, 6.45) is -4.57. The van der Waals surface area contributed by atoms with Crippen LogP contribution in [0.5, 0.6) is 5.75 Å². The average molecular weight is 349 g/mol. The fourth-order valence-electron chi connectivity index (χ4n) is 1.61. The number of methoxy groups -OCH3 is 1. The molecule has 0 bridgehead atoms. The Bertz CT molecular complexity index is 579. The summed E-state index contributed by atoms with van der Waals surface area (Å²) in [5.41, 5.74) is 3.97. The highest BCUT2D eigenvalue weighted by atomic mass is 19.4. The molecule has 2 amide bonds. The van der Waals surface area contributed by atoms with Crippen LogP contribution in [0.1, 0.15) is 5.56 Å². The quantitative estimate of drug-likeness (QED) is 0.601. The van der Waals surface area contributed by atoms with E-state index in [0.29, 0.717) is 0 Å². The second kappa shape index (κ2) is 9.08. The van der Waals surface area contributed by atoms with Gasteiger partial charge < -0.3 is 25.8 Å². The molecule has 0 aliphatic rings. The maximum atomic E-state index is 12.8. The van der Waals surface area contributed by atoms with Crippen LogP contribution in [-0.4, -0.2) is 45.2 Å². The normalized spacial score (nSPS) is 11.0. The maximum absolute atomic E-state index is 12.8. The molecule has 1 rings (SSSR count). The summed E-state index contributed by atoms with van der Waals surface area (Å²) < 4.78 is 48.5. The predicted octanol–water partition coefficient (Wildman–Crippen LogP) is 0.744. The van der Waals surface area contributed by atoms with Crippen molar-refractivity contribution in [3.8, 4) is 5.75 Å². The van der Waals surface area contributed by atoms with Gasteiger partial charge in [0.2, 0.25) is 11.8 Å². The number of carbonyl (C=O) groups is 2. The number of benzene rings is 1. The number of ether oxygens (including phenoxy) is 2. The van der Waals surface area contributed by atoms with E-state index in [1.165, 1.54) is 7.11 Å². The number of rotatable bonds is 8. The largest absolute Gasteiger partial charge is 0.489 e. The van der Waals surface area contributed by atoms with Gasteiger partial charge in [-0.3, -0.25) is 9.59 Å². The van der Waals surface area contributed by atoms with Crippen molar-refractivity contribution in [3.05, 3.63) is 23.8 Å². The lowest BCUT2D eigenvalue weighted by atomic mass is 10.1. The number of hydrogen-bond donors (Lipinski definition) is 3. The van der Waals surface area contributed by atoms with Crippen LogP contribution < -0.4 is 21.1 Å². The minimum atomic E-state index is -4.57. The van der Waals surface area contributed by atoms with E-state index in [9.17, 15) is 22.8 Å². The lowest BCUT2D eigenvalue weighted by Crippen LogP contribution is -2.36. The number of hydrogen-bond acceptors (Lipinski definition) is 5. The molecule has 0 saturated heterocycles. The van der Waals surface area contributed by atoms with Gasteiger partial charge in [-0.15, -0.1) is 0 Å². The van der Waals surface area contributed by atoms with Crippen LogP contribution in [0.25, 0.3) is 0 Å². The Morgan fingerprint density at radius 3 is 2.50 bits per heavy atom. The van der Waals surface area contributed by atoms with Crippen molar-refractivity contribution in [2.75, 3.05) is 38.7 Å². The first-order valence-corrected chi connectivity index (χ1v) is 6.87. The number of nitrogens with two attached hydrogens (primary N) is 1. The molecule has 0 unspecified atom stereocenters. The molecule has 0 fully saturated rings. The summed E-state index contributed by atoms with van der Waals surface area (Å²) in [4.78, 5) is 22.7. The predicted molar refractivity (Wildman–Crippen MR) is 79.5 cm³/mol. The molecule has 24 heavy (non-hydrogen) atoms. The molecular formula is C14H18F3N3O4. The van der Waals surface area contributed by atoms with Crippen LogP contribution in [0.3, 0.4) is 0 Å². The second-order valence-electron chi connectivity index (χ2n) is 4.58. The first-order chi connectivity index (χ1) is 11.3. The smallest absolute Gasteiger partial charge is 0.416 e. The standard InChI is InChI=1S/C14H18F3N3O4/c1-23-4-5-24-11-3-2-9(14(15,16)17)6-10(11)20-13(22)8-19-12(21)7-18/h2-3,6H,4-5,7-8,18H2,1H3,(H,19,21)(H,20,22). The topological polar surface area (TPSA) is 103 Å². The number of alkyl halides is 3. The lowest BCUT2D eigenvalue weighted by molar-refractivity contribution is -0.137. The van der Waals surface area contributed by atoms with E-state index < -0.39 is 30.1 Å². The molecule has 0 aliphatic carbocycles. The molecule has 0 radical (unpaired) electrons. The first-order valence-electron chi connectivity index (χ1n) is 6.87. The van der Waals surface area contributed by atoms with Gasteiger partial charge in [0.15, 0.2) is 0 Å². The minimum Gasteiger partial charge on any atom is -0.489 e. The highest BCUT2D eigenvalue weighted by Gasteiger charge is 2.31. The lowest BCUT2D eigenvalue weighted by Gasteiger charge is -2.15. The summed E-state index contributed by atoms with van der Waals surface area (Å²) >= 11 is 0. The van der Waals surface area contributed by atoms with Crippen molar-refractivity contribution >= 4 is 17.5 Å². The fourth-order valence-corrected chi connectivity index (χ4v) is 1.61. The Morgan fingerprint density at radius 1 is 1.21 bits per heavy atom. The zero-order valence-corrected chi connectivity index (χ0v) is 12.9. The number of anilines is 1. The van der Waals surface area contributed by atoms with Crippen LogP contribution in [0.4, 0.5) is 18.9 Å². The molecule has 0 aromatic heterocycles. The Morgan fingerprint density at radius 2 is 1.92 bits per heavy atom. The van der Waals surface area contributed by atoms with Crippen molar-refractivity contribution in [3.63, 3.8) is 0 Å². The molecule has 10 heteroatoms. The Balaban J connectivity index is 2.89. The van der Waals surface area contributed by atoms with E-state index in [2.05, 4.69) is 10.6 Å². The zero-order valence-electron chi connectivity index (χ0n) is 12.9. The van der Waals surface area contributed by atoms with E-state index >= 15 is 0 Å². The Hall–Kier alpha value is -2.33. The summed E-state index contributed by atoms with van der Waals surface area (Å²) in [5.74, 6) is -1.22. The Labute approximate surface area is 136 Å². The number of carbonyl (C=O) groups excluding carboxylic acids is 2. The van der Waals surface area contributed by atoms with Gasteiger partial charge in [0.25, 0.3) is 0 Å². The van der Waals surface area contributed by atoms with Gasteiger partial charge in [0.05, 0.1) is 30.9 Å². The van der Waals surface area contributed by atoms with Gasteiger partial charge in [-0.1, -0.05) is 0 Å². The highest BCUT2D eigenvalue weighted by molar-refractivity contribution is 5.96. The fraction of sp³-hybridized carbons (Fsp3) is 0.429. The van der Waals surface area contributed by atoms with Crippen molar-refractivity contribution in [1.82, 2.24) is 5.32 Å². The van der Waals surface area contributed by atoms with E-state index in [1.54, 1.807) is 0 Å². The third-order valence-electron chi connectivity index (χ3n) is 2.76. The van der Waals surface area contributed by atoms with Crippen molar-refractivity contribution in [2.45, 2.75) is 6.18 Å². The van der Waals surface area contributed by atoms with Gasteiger partial charge in [-0.25, -0.2) is 0 Å². The summed E-state index contributed by atoms with van der Waals surface area (Å²) in [6, 6.07) is 2.70. The molecule has 4 N–H and O–H groups in total. The van der Waals surface area contributed by atoms with Crippen LogP contribution in [0.2, 0.25) is 0 Å². The molecular weight excluding hydrogens is 331 g/mol. The molecule has 1 aromatic carbocycles. The van der Waals surface area contributed by atoms with Crippen LogP contribution in [-0.2, 0) is 20.5 Å². The maximum Gasteiger partial charge on any atom is 0.416 e. The molecule has 0 saturated carbocycles. The van der Waals surface area contributed by atoms with Crippen LogP contribution >= 0.6 is 0 Å². The first kappa shape index (κ1) is 19.7. The summed E-state index contributed by atoms with van der Waals surface area (Å²) in [5, 5.41) is 4.48. The SMILES string of the molecule is COCCOc1ccc(C(F)(F)F)cc1NC(=O)CNC(=O)CN. The molecule has 7 nitrogen and oxygen atoms in total. The van der Waals surface area contributed by atoms with Crippen molar-refractivity contribution < 1.29 is 32.2 Å². The van der Waals surface area contributed by atoms with E-state index in [0.717, 1.165) is 18.2 Å². The number of amides is 2. The monoisotopic (exact) mass is 349 g/mol. The average Bonchev–Trinajstić information content (AvgIpc) is 2.53. The van der Waals surface area contributed by atoms with Gasteiger partial charge in [0.1, 0.15) is 12.4 Å². The van der Waals surface area contributed by atoms with E-state index in [-0.39, 0.29) is 31.2 Å². The Kier molecular flexibility index (Phi) is 7.46. The highest BCUT2D eigenvalue weighted by Crippen LogP contribution is 2.35. The minimum absolute atomic E-state index is 0.0542. The van der Waals surface area contributed by atoms with Gasteiger partial charge in [0, 0.05) is 7.11 Å². The molecule has 0 spiro atoms. The third kappa shape index (κ3) is 6.42. The van der Waals surface area contributed by atoms with Crippen LogP contribution in [0, 0.1) is 0 Å². The van der Waals surface area contributed by atoms with E-state index in [1.807, 2.05) is 0 Å². The molecule has 134 valence electrons. The van der Waals surface area contributed by atoms with Gasteiger partial charge in [-0.2, -0.15) is 13.2 Å². The molecule has 0 atom stereocenters. The van der Waals surface area contributed by atoms with Crippen molar-refractivity contribution in [1.29, 1.82) is 0 Å². The van der Waals surface area contributed by atoms with Crippen molar-refractivity contribution in [2.24, 2.45) is 5.73 Å². The third-order valence-corrected chi connectivity index (χ3v) is 2.76. The molecule has 0 aliphatic heterocycles. The summed E-state index contributed by atoms with van der Waals surface area (Å²) in [7, 11) is 1.44. The second-order valence-corrected chi connectivity index (χ2v) is 4.58.